The third-order valence-electron chi connectivity index (χ3n) is 0.966. The molecule has 0 aliphatic heterocycles. The maximum atomic E-state index is 10.7. The van der Waals surface area contributed by atoms with Crippen molar-refractivity contribution < 1.29 is 14.4 Å². The molecule has 0 radical (unpaired) electrons. The molecule has 0 saturated carbocycles. The summed E-state index contributed by atoms with van der Waals surface area (Å²) in [5, 5.41) is 13.5. The highest BCUT2D eigenvalue weighted by molar-refractivity contribution is 5.32. The Morgan fingerprint density at radius 2 is 1.28 bits per heavy atom. The average Bonchev–Trinajstić information content (AvgIpc) is 2.25. The predicted octanol–water partition coefficient (Wildman–Crippen LogP) is -2.87. The number of aromatic amines is 2. The Balaban J connectivity index is 0. The zero-order valence-corrected chi connectivity index (χ0v) is 8.34. The Kier molecular flexibility index (Phi) is 9.50. The van der Waals surface area contributed by atoms with Gasteiger partial charge in [0.15, 0.2) is 0 Å². The Bertz CT molecular complexity index is 615. The van der Waals surface area contributed by atoms with Gasteiger partial charge in [0.2, 0.25) is 12.2 Å². The third-order valence-corrected chi connectivity index (χ3v) is 0.966. The van der Waals surface area contributed by atoms with Crippen LogP contribution in [0.3, 0.4) is 0 Å². The molecule has 1 aromatic rings. The molecule has 12 nitrogen and oxygen atoms in total. The van der Waals surface area contributed by atoms with Gasteiger partial charge in [-0.15, -0.1) is 4.68 Å². The molecule has 0 fully saturated rings. The molecule has 18 heavy (non-hydrogen) atoms. The van der Waals surface area contributed by atoms with Crippen LogP contribution in [0.5, 0.6) is 0 Å². The number of hydrogen-bond acceptors (Lipinski definition) is 9. The summed E-state index contributed by atoms with van der Waals surface area (Å²) in [5.41, 5.74) is -3.14. The van der Waals surface area contributed by atoms with Crippen molar-refractivity contribution >= 4 is 18.2 Å². The molecular formula is C6H4N6O6. The van der Waals surface area contributed by atoms with Crippen LogP contribution in [0, 0.1) is 10.8 Å². The van der Waals surface area contributed by atoms with E-state index in [2.05, 4.69) is 5.10 Å². The smallest absolute Gasteiger partial charge is 0.257 e. The summed E-state index contributed by atoms with van der Waals surface area (Å²) < 4.78 is 0.147. The predicted molar refractivity (Wildman–Crippen MR) is 52.3 cm³/mol. The lowest BCUT2D eigenvalue weighted by Crippen LogP contribution is -2.41. The number of rotatable bonds is 1. The first kappa shape index (κ1) is 17.0. The van der Waals surface area contributed by atoms with Gasteiger partial charge >= 0.3 is 17.1 Å². The minimum Gasteiger partial charge on any atom is -0.257 e. The van der Waals surface area contributed by atoms with Crippen molar-refractivity contribution in [3.05, 3.63) is 31.5 Å². The van der Waals surface area contributed by atoms with Gasteiger partial charge in [-0.2, -0.15) is 0 Å². The molecule has 0 unspecified atom stereocenters. The molecule has 0 aromatic carbocycles. The molecule has 94 valence electrons. The van der Waals surface area contributed by atoms with Crippen molar-refractivity contribution in [2.75, 3.05) is 0 Å². The van der Waals surface area contributed by atoms with Crippen molar-refractivity contribution in [1.29, 1.82) is 10.8 Å². The lowest BCUT2D eigenvalue weighted by Gasteiger charge is -1.88. The fourth-order valence-electron chi connectivity index (χ4n) is 0.555. The van der Waals surface area contributed by atoms with Crippen LogP contribution in [0.2, 0.25) is 0 Å². The van der Waals surface area contributed by atoms with Gasteiger partial charge in [-0.3, -0.25) is 9.97 Å². The molecule has 1 aromatic heterocycles. The molecule has 0 saturated heterocycles. The fourth-order valence-corrected chi connectivity index (χ4v) is 0.555. The number of nitrogens with one attached hydrogen (secondary N) is 4. The number of carbonyl (C=O) groups excluding carboxylic acids is 3. The number of H-pyrrole nitrogens is 2. The van der Waals surface area contributed by atoms with E-state index in [0.29, 0.717) is 0 Å². The minimum absolute atomic E-state index is 0.147. The van der Waals surface area contributed by atoms with E-state index in [1.165, 1.54) is 0 Å². The first-order chi connectivity index (χ1) is 8.48. The highest BCUT2D eigenvalue weighted by Gasteiger charge is 1.98. The van der Waals surface area contributed by atoms with Crippen LogP contribution in [0.25, 0.3) is 0 Å². The summed E-state index contributed by atoms with van der Waals surface area (Å²) in [6, 6.07) is 0. The molecule has 0 amide bonds. The van der Waals surface area contributed by atoms with Crippen LogP contribution in [-0.2, 0) is 14.4 Å². The van der Waals surface area contributed by atoms with Crippen LogP contribution >= 0.6 is 0 Å². The van der Waals surface area contributed by atoms with Crippen molar-refractivity contribution in [3.63, 3.8) is 0 Å². The first-order valence-corrected chi connectivity index (χ1v) is 3.60. The highest BCUT2D eigenvalue weighted by atomic mass is 16.2. The normalized spacial score (nSPS) is 6.89. The van der Waals surface area contributed by atoms with E-state index in [1.807, 2.05) is 0 Å². The molecule has 0 aliphatic rings. The van der Waals surface area contributed by atoms with E-state index < -0.39 is 17.1 Å². The Morgan fingerprint density at radius 1 is 0.944 bits per heavy atom. The Labute approximate surface area is 95.6 Å². The van der Waals surface area contributed by atoms with Crippen LogP contribution in [0.4, 0.5) is 0 Å². The maximum absolute atomic E-state index is 10.7. The molecule has 1 heterocycles. The molecule has 0 atom stereocenters. The first-order valence-electron chi connectivity index (χ1n) is 3.60. The van der Waals surface area contributed by atoms with Gasteiger partial charge in [-0.1, -0.05) is 5.10 Å². The van der Waals surface area contributed by atoms with E-state index in [9.17, 15) is 19.2 Å². The summed E-state index contributed by atoms with van der Waals surface area (Å²) >= 11 is 0. The van der Waals surface area contributed by atoms with Gasteiger partial charge in [-0.25, -0.2) is 39.6 Å². The summed E-state index contributed by atoms with van der Waals surface area (Å²) in [4.78, 5) is 61.5. The molecular weight excluding hydrogens is 252 g/mol. The molecule has 12 heteroatoms. The number of aromatic nitrogens is 3. The van der Waals surface area contributed by atoms with E-state index in [4.69, 9.17) is 20.4 Å². The maximum Gasteiger partial charge on any atom is 0.355 e. The molecule has 4 N–H and O–H groups in total. The van der Waals surface area contributed by atoms with Crippen LogP contribution < -0.4 is 17.1 Å². The van der Waals surface area contributed by atoms with Gasteiger partial charge < -0.3 is 0 Å². The van der Waals surface area contributed by atoms with Gasteiger partial charge in [-0.05, 0) is 0 Å². The van der Waals surface area contributed by atoms with Crippen LogP contribution in [0.15, 0.2) is 19.5 Å². The van der Waals surface area contributed by atoms with Crippen molar-refractivity contribution in [2.45, 2.75) is 0 Å². The zero-order chi connectivity index (χ0) is 14.6. The van der Waals surface area contributed by atoms with Crippen molar-refractivity contribution in [2.24, 2.45) is 5.10 Å². The van der Waals surface area contributed by atoms with Gasteiger partial charge in [0, 0.05) is 0 Å². The van der Waals surface area contributed by atoms with E-state index in [1.54, 1.807) is 9.97 Å². The minimum atomic E-state index is -1.09. The topological polar surface area (TPSA) is 199 Å². The number of isocyanates is 3. The van der Waals surface area contributed by atoms with Crippen molar-refractivity contribution in [1.82, 2.24) is 14.6 Å². The summed E-state index contributed by atoms with van der Waals surface area (Å²) in [7, 11) is 0. The lowest BCUT2D eigenvalue weighted by atomic mass is 11.0. The Hall–Kier alpha value is -3.45. The van der Waals surface area contributed by atoms with Crippen LogP contribution in [-0.4, -0.2) is 32.9 Å². The second kappa shape index (κ2) is 10.1. The molecule has 0 spiro atoms. The second-order valence-corrected chi connectivity index (χ2v) is 1.90. The lowest BCUT2D eigenvalue weighted by molar-refractivity contribution is 0.555. The van der Waals surface area contributed by atoms with E-state index in [-0.39, 0.29) is 4.68 Å². The largest absolute Gasteiger partial charge is 0.355 e. The third kappa shape index (κ3) is 6.92. The Morgan fingerprint density at radius 3 is 1.56 bits per heavy atom. The highest BCUT2D eigenvalue weighted by Crippen LogP contribution is 1.56. The second-order valence-electron chi connectivity index (χ2n) is 1.90. The number of nitrogens with zero attached hydrogens (tertiary/aromatic N) is 2. The quantitative estimate of drug-likeness (QED) is 0.307. The fraction of sp³-hybridized carbons (Fsp3) is 0. The van der Waals surface area contributed by atoms with Gasteiger partial charge in [0.05, 0.1) is 0 Å². The summed E-state index contributed by atoms with van der Waals surface area (Å²) in [6.45, 7) is 0. The monoisotopic (exact) mass is 256 g/mol. The SMILES string of the molecule is N=C=O.N=C=O.O=C=Nn1c(=O)[nH]c(=O)[nH]c1=O. The van der Waals surface area contributed by atoms with Crippen molar-refractivity contribution in [3.8, 4) is 0 Å². The van der Waals surface area contributed by atoms with Gasteiger partial charge in [0.25, 0.3) is 6.08 Å². The number of hydrogen-bond donors (Lipinski definition) is 4. The summed E-state index contributed by atoms with van der Waals surface area (Å²) in [6.07, 6.45) is 2.48. The zero-order valence-electron chi connectivity index (χ0n) is 8.34. The molecule has 0 bridgehead atoms. The standard InChI is InChI=1S/C4H2N4O4.2CHNO/c9-1-5-8-3(11)6-2(10)7-4(8)12;2*2-1-3/h(H2,6,7,10,11,12);2*2H. The average molecular weight is 256 g/mol. The van der Waals surface area contributed by atoms with Gasteiger partial charge in [0.1, 0.15) is 0 Å². The molecule has 1 rings (SSSR count). The van der Waals surface area contributed by atoms with E-state index in [0.717, 1.165) is 18.2 Å². The summed E-state index contributed by atoms with van der Waals surface area (Å²) in [5.74, 6) is 0. The van der Waals surface area contributed by atoms with E-state index >= 15 is 0 Å². The molecule has 0 aliphatic carbocycles. The van der Waals surface area contributed by atoms with Crippen LogP contribution in [0.1, 0.15) is 0 Å².